The van der Waals surface area contributed by atoms with Gasteiger partial charge in [-0.25, -0.2) is 4.68 Å². The quantitative estimate of drug-likeness (QED) is 0.464. The Balaban J connectivity index is 1.79. The first-order valence-corrected chi connectivity index (χ1v) is 11.1. The number of benzene rings is 2. The number of aromatic nitrogens is 2. The summed E-state index contributed by atoms with van der Waals surface area (Å²) >= 11 is 18.8. The van der Waals surface area contributed by atoms with Gasteiger partial charge in [-0.3, -0.25) is 4.79 Å². The topological polar surface area (TPSA) is 59.4 Å². The highest BCUT2D eigenvalue weighted by atomic mass is 35.5. The normalized spacial score (nSPS) is 12.1. The van der Waals surface area contributed by atoms with Gasteiger partial charge in [0, 0.05) is 22.2 Å². The Labute approximate surface area is 203 Å². The highest BCUT2D eigenvalue weighted by molar-refractivity contribution is 6.35. The third-order valence-electron chi connectivity index (χ3n) is 5.20. The van der Waals surface area contributed by atoms with Crippen molar-refractivity contribution < 1.29 is 9.53 Å². The van der Waals surface area contributed by atoms with E-state index in [0.717, 1.165) is 16.9 Å². The van der Waals surface area contributed by atoms with Gasteiger partial charge in [0.1, 0.15) is 10.9 Å². The molecule has 9 heteroatoms. The van der Waals surface area contributed by atoms with Crippen LogP contribution in [0.3, 0.4) is 0 Å². The van der Waals surface area contributed by atoms with E-state index in [-0.39, 0.29) is 17.1 Å². The smallest absolute Gasteiger partial charge is 0.256 e. The second-order valence-corrected chi connectivity index (χ2v) is 8.78. The zero-order chi connectivity index (χ0) is 23.4. The molecule has 6 nitrogen and oxygen atoms in total. The number of hydrogen-bond acceptors (Lipinski definition) is 4. The number of carbonyl (C=O) groups excluding carboxylic acids is 1. The maximum Gasteiger partial charge on any atom is 0.256 e. The fraction of sp³-hybridized carbons (Fsp3) is 0.304. The van der Waals surface area contributed by atoms with Crippen molar-refractivity contribution in [2.24, 2.45) is 0 Å². The summed E-state index contributed by atoms with van der Waals surface area (Å²) in [7, 11) is 5.54. The molecule has 0 spiro atoms. The largest absolute Gasteiger partial charge is 0.496 e. The number of likely N-dealkylation sites (N-methyl/N-ethyl adjacent to an activating group) is 1. The van der Waals surface area contributed by atoms with Crippen LogP contribution in [-0.4, -0.2) is 48.3 Å². The molecule has 0 radical (unpaired) electrons. The van der Waals surface area contributed by atoms with E-state index in [4.69, 9.17) is 39.5 Å². The van der Waals surface area contributed by atoms with Crippen molar-refractivity contribution in [3.8, 4) is 5.75 Å². The van der Waals surface area contributed by atoms with Crippen LogP contribution in [0.4, 0.5) is 0 Å². The van der Waals surface area contributed by atoms with Gasteiger partial charge in [-0.2, -0.15) is 5.10 Å². The van der Waals surface area contributed by atoms with E-state index in [1.54, 1.807) is 30.8 Å². The summed E-state index contributed by atoms with van der Waals surface area (Å²) < 4.78 is 7.05. The Morgan fingerprint density at radius 1 is 1.19 bits per heavy atom. The summed E-state index contributed by atoms with van der Waals surface area (Å²) in [6, 6.07) is 12.9. The summed E-state index contributed by atoms with van der Waals surface area (Å²) in [4.78, 5) is 15.1. The van der Waals surface area contributed by atoms with Gasteiger partial charge in [-0.05, 0) is 44.8 Å². The minimum Gasteiger partial charge on any atom is -0.496 e. The van der Waals surface area contributed by atoms with Crippen LogP contribution in [0.1, 0.15) is 33.2 Å². The molecule has 0 saturated heterocycles. The third kappa shape index (κ3) is 5.38. The van der Waals surface area contributed by atoms with Crippen LogP contribution in [0.15, 0.2) is 42.5 Å². The van der Waals surface area contributed by atoms with Crippen LogP contribution in [0.25, 0.3) is 0 Å². The second kappa shape index (κ2) is 10.6. The molecule has 0 saturated carbocycles. The average Bonchev–Trinajstić information content (AvgIpc) is 3.03. The van der Waals surface area contributed by atoms with Gasteiger partial charge < -0.3 is 15.0 Å². The van der Waals surface area contributed by atoms with E-state index in [1.165, 1.54) is 0 Å². The fourth-order valence-corrected chi connectivity index (χ4v) is 4.31. The molecule has 3 aromatic rings. The lowest BCUT2D eigenvalue weighted by Gasteiger charge is -2.26. The first kappa shape index (κ1) is 24.4. The molecule has 0 fully saturated rings. The number of nitrogens with one attached hydrogen (secondary N) is 1. The minimum atomic E-state index is -0.289. The van der Waals surface area contributed by atoms with Crippen LogP contribution < -0.4 is 10.1 Å². The minimum absolute atomic E-state index is 0.0860. The molecule has 32 heavy (non-hydrogen) atoms. The first-order chi connectivity index (χ1) is 15.2. The molecule has 2 aromatic carbocycles. The molecule has 0 aliphatic rings. The van der Waals surface area contributed by atoms with Gasteiger partial charge in [-0.1, -0.05) is 59.1 Å². The molecule has 3 rings (SSSR count). The molecule has 0 aliphatic carbocycles. The number of halogens is 3. The molecular weight excluding hydrogens is 471 g/mol. The zero-order valence-corrected chi connectivity index (χ0v) is 20.6. The van der Waals surface area contributed by atoms with E-state index in [9.17, 15) is 4.79 Å². The summed E-state index contributed by atoms with van der Waals surface area (Å²) in [5.74, 6) is 0.477. The predicted molar refractivity (Wildman–Crippen MR) is 129 cm³/mol. The molecule has 1 heterocycles. The number of amides is 1. The molecule has 1 aromatic heterocycles. The lowest BCUT2D eigenvalue weighted by Crippen LogP contribution is -2.35. The first-order valence-electron chi connectivity index (χ1n) is 9.97. The van der Waals surface area contributed by atoms with Crippen molar-refractivity contribution in [1.82, 2.24) is 20.0 Å². The number of para-hydroxylation sites is 1. The predicted octanol–water partition coefficient (Wildman–Crippen LogP) is 5.24. The lowest BCUT2D eigenvalue weighted by molar-refractivity contribution is 0.0941. The van der Waals surface area contributed by atoms with Gasteiger partial charge in [0.15, 0.2) is 0 Å². The van der Waals surface area contributed by atoms with E-state index in [2.05, 4.69) is 10.4 Å². The molecule has 1 amide bonds. The molecule has 170 valence electrons. The van der Waals surface area contributed by atoms with E-state index in [1.807, 2.05) is 49.3 Å². The lowest BCUT2D eigenvalue weighted by atomic mass is 10.0. The van der Waals surface area contributed by atoms with Crippen LogP contribution in [0, 0.1) is 6.92 Å². The van der Waals surface area contributed by atoms with Gasteiger partial charge in [-0.15, -0.1) is 0 Å². The van der Waals surface area contributed by atoms with Gasteiger partial charge in [0.25, 0.3) is 5.91 Å². The standard InChI is InChI=1S/C23H25Cl3N4O2/c1-14-21(22(26)30(28-14)13-15-9-10-16(24)11-18(15)25)23(31)27-12-19(29(2)3)17-7-5-6-8-20(17)32-4/h5-11,19H,12-13H2,1-4H3,(H,27,31)/t19-/m1/s1. The Bertz CT molecular complexity index is 1110. The van der Waals surface area contributed by atoms with E-state index < -0.39 is 0 Å². The number of carbonyl (C=O) groups is 1. The van der Waals surface area contributed by atoms with Crippen LogP contribution in [0.5, 0.6) is 5.75 Å². The molecule has 0 unspecified atom stereocenters. The number of aryl methyl sites for hydroxylation is 1. The summed E-state index contributed by atoms with van der Waals surface area (Å²) in [6.07, 6.45) is 0. The van der Waals surface area contributed by atoms with Crippen LogP contribution in [-0.2, 0) is 6.54 Å². The highest BCUT2D eigenvalue weighted by Crippen LogP contribution is 2.28. The number of methoxy groups -OCH3 is 1. The van der Waals surface area contributed by atoms with Gasteiger partial charge in [0.2, 0.25) is 0 Å². The summed E-state index contributed by atoms with van der Waals surface area (Å²) in [5, 5.41) is 8.75. The Hall–Kier alpha value is -2.25. The summed E-state index contributed by atoms with van der Waals surface area (Å²) in [6.45, 7) is 2.45. The molecule has 0 aliphatic heterocycles. The van der Waals surface area contributed by atoms with Crippen molar-refractivity contribution in [3.05, 3.63) is 80.0 Å². The van der Waals surface area contributed by atoms with Crippen LogP contribution in [0.2, 0.25) is 15.2 Å². The molecule has 1 N–H and O–H groups in total. The van der Waals surface area contributed by atoms with Crippen molar-refractivity contribution in [1.29, 1.82) is 0 Å². The van der Waals surface area contributed by atoms with Crippen molar-refractivity contribution >= 4 is 40.7 Å². The Morgan fingerprint density at radius 2 is 1.91 bits per heavy atom. The van der Waals surface area contributed by atoms with Crippen LogP contribution >= 0.6 is 34.8 Å². The maximum absolute atomic E-state index is 13.0. The fourth-order valence-electron chi connectivity index (χ4n) is 3.52. The number of hydrogen-bond donors (Lipinski definition) is 1. The second-order valence-electron chi connectivity index (χ2n) is 7.58. The Morgan fingerprint density at radius 3 is 2.56 bits per heavy atom. The SMILES string of the molecule is COc1ccccc1[C@@H](CNC(=O)c1c(C)nn(Cc2ccc(Cl)cc2Cl)c1Cl)N(C)C. The number of rotatable bonds is 8. The zero-order valence-electron chi connectivity index (χ0n) is 18.3. The molecule has 1 atom stereocenters. The Kier molecular flexibility index (Phi) is 8.06. The highest BCUT2D eigenvalue weighted by Gasteiger charge is 2.24. The average molecular weight is 496 g/mol. The van der Waals surface area contributed by atoms with Crippen molar-refractivity contribution in [3.63, 3.8) is 0 Å². The molecular formula is C23H25Cl3N4O2. The van der Waals surface area contributed by atoms with E-state index in [0.29, 0.717) is 34.4 Å². The van der Waals surface area contributed by atoms with Gasteiger partial charge >= 0.3 is 0 Å². The maximum atomic E-state index is 13.0. The number of nitrogens with zero attached hydrogens (tertiary/aromatic N) is 3. The monoisotopic (exact) mass is 494 g/mol. The third-order valence-corrected chi connectivity index (χ3v) is 6.18. The van der Waals surface area contributed by atoms with Crippen molar-refractivity contribution in [2.75, 3.05) is 27.7 Å². The molecule has 0 bridgehead atoms. The van der Waals surface area contributed by atoms with E-state index >= 15 is 0 Å². The van der Waals surface area contributed by atoms with Gasteiger partial charge in [0.05, 0.1) is 31.0 Å². The number of ether oxygens (including phenoxy) is 1. The summed E-state index contributed by atoms with van der Waals surface area (Å²) in [5.41, 5.74) is 2.66. The van der Waals surface area contributed by atoms with Crippen molar-refractivity contribution in [2.45, 2.75) is 19.5 Å².